The van der Waals surface area contributed by atoms with Crippen molar-refractivity contribution in [3.05, 3.63) is 60.2 Å². The second kappa shape index (κ2) is 5.85. The van der Waals surface area contributed by atoms with Crippen LogP contribution in [0.5, 0.6) is 5.75 Å². The molecule has 2 aromatic carbocycles. The molecule has 0 unspecified atom stereocenters. The maximum Gasteiger partial charge on any atom is 0.236 e. The zero-order valence-electron chi connectivity index (χ0n) is 12.6. The third-order valence-electron chi connectivity index (χ3n) is 4.12. The molecule has 0 spiro atoms. The van der Waals surface area contributed by atoms with Crippen LogP contribution in [0.3, 0.4) is 0 Å². The predicted molar refractivity (Wildman–Crippen MR) is 85.3 cm³/mol. The first-order valence-electron chi connectivity index (χ1n) is 7.40. The van der Waals surface area contributed by atoms with Gasteiger partial charge < -0.3 is 15.1 Å². The molecular weight excluding hydrogens is 294 g/mol. The van der Waals surface area contributed by atoms with Crippen molar-refractivity contribution in [1.82, 2.24) is 0 Å². The van der Waals surface area contributed by atoms with Gasteiger partial charge in [-0.2, -0.15) is 0 Å². The zero-order valence-corrected chi connectivity index (χ0v) is 12.6. The lowest BCUT2D eigenvalue weighted by molar-refractivity contribution is -0.133. The van der Waals surface area contributed by atoms with Crippen molar-refractivity contribution in [2.75, 3.05) is 4.90 Å². The molecule has 0 bridgehead atoms. The number of phenolic OH excluding ortho intramolecular Hbond substituents is 1. The van der Waals surface area contributed by atoms with E-state index in [2.05, 4.69) is 0 Å². The number of β-lactam (4-membered cyclic amide) rings is 1. The van der Waals surface area contributed by atoms with Crippen molar-refractivity contribution in [2.45, 2.75) is 19.1 Å². The molecule has 1 saturated heterocycles. The maximum atomic E-state index is 12.8. The highest BCUT2D eigenvalue weighted by atomic mass is 16.3. The maximum absolute atomic E-state index is 12.8. The third kappa shape index (κ3) is 2.59. The van der Waals surface area contributed by atoms with Crippen LogP contribution in [0.25, 0.3) is 0 Å². The lowest BCUT2D eigenvalue weighted by Crippen LogP contribution is -2.67. The standard InChI is InChI=1S/C18H17NO4/c1-11(20)15-16(17(22)12-5-3-2-4-6-12)19(18(15)23)13-7-9-14(21)10-8-13/h2-11,15-16,20-21H,1H3/t11-,15-,16+/m1/s1. The molecule has 23 heavy (non-hydrogen) atoms. The Morgan fingerprint density at radius 2 is 1.70 bits per heavy atom. The number of carbonyl (C=O) groups excluding carboxylic acids is 2. The minimum atomic E-state index is -0.909. The van der Waals surface area contributed by atoms with E-state index in [0.29, 0.717) is 11.3 Å². The Balaban J connectivity index is 1.97. The number of nitrogens with zero attached hydrogens (tertiary/aromatic N) is 1. The quantitative estimate of drug-likeness (QED) is 0.668. The van der Waals surface area contributed by atoms with Crippen molar-refractivity contribution >= 4 is 17.4 Å². The van der Waals surface area contributed by atoms with Gasteiger partial charge in [-0.15, -0.1) is 0 Å². The highest BCUT2D eigenvalue weighted by Crippen LogP contribution is 2.37. The van der Waals surface area contributed by atoms with Gasteiger partial charge in [-0.3, -0.25) is 9.59 Å². The van der Waals surface area contributed by atoms with Gasteiger partial charge in [0.05, 0.1) is 12.0 Å². The Hall–Kier alpha value is -2.66. The fourth-order valence-electron chi connectivity index (χ4n) is 2.94. The van der Waals surface area contributed by atoms with Gasteiger partial charge in [0.25, 0.3) is 0 Å². The Labute approximate surface area is 133 Å². The number of aliphatic hydroxyl groups excluding tert-OH is 1. The molecule has 3 atom stereocenters. The fourth-order valence-corrected chi connectivity index (χ4v) is 2.94. The number of ketones is 1. The average Bonchev–Trinajstić information content (AvgIpc) is 2.54. The second-order valence-corrected chi connectivity index (χ2v) is 5.67. The van der Waals surface area contributed by atoms with Gasteiger partial charge in [0.2, 0.25) is 5.91 Å². The summed E-state index contributed by atoms with van der Waals surface area (Å²) in [6.45, 7) is 1.52. The largest absolute Gasteiger partial charge is 0.508 e. The first-order chi connectivity index (χ1) is 11.0. The summed E-state index contributed by atoms with van der Waals surface area (Å²) in [5.74, 6) is -1.17. The molecule has 5 heteroatoms. The van der Waals surface area contributed by atoms with E-state index >= 15 is 0 Å². The summed E-state index contributed by atoms with van der Waals surface area (Å²) < 4.78 is 0. The number of benzene rings is 2. The van der Waals surface area contributed by atoms with Gasteiger partial charge in [0.1, 0.15) is 11.8 Å². The van der Waals surface area contributed by atoms with E-state index in [0.717, 1.165) is 0 Å². The molecule has 2 N–H and O–H groups in total. The number of amides is 1. The van der Waals surface area contributed by atoms with Crippen molar-refractivity contribution in [2.24, 2.45) is 5.92 Å². The van der Waals surface area contributed by atoms with E-state index in [-0.39, 0.29) is 17.4 Å². The molecule has 118 valence electrons. The molecule has 0 radical (unpaired) electrons. The Kier molecular flexibility index (Phi) is 3.88. The number of aromatic hydroxyl groups is 1. The highest BCUT2D eigenvalue weighted by Gasteiger charge is 2.54. The molecular formula is C18H17NO4. The number of hydrogen-bond acceptors (Lipinski definition) is 4. The summed E-state index contributed by atoms with van der Waals surface area (Å²) >= 11 is 0. The molecule has 1 aliphatic rings. The van der Waals surface area contributed by atoms with Crippen LogP contribution in [-0.2, 0) is 4.79 Å². The predicted octanol–water partition coefficient (Wildman–Crippen LogP) is 1.99. The first-order valence-corrected chi connectivity index (χ1v) is 7.40. The zero-order chi connectivity index (χ0) is 16.6. The van der Waals surface area contributed by atoms with Crippen LogP contribution < -0.4 is 4.90 Å². The number of anilines is 1. The molecule has 1 fully saturated rings. The van der Waals surface area contributed by atoms with Crippen LogP contribution >= 0.6 is 0 Å². The highest BCUT2D eigenvalue weighted by molar-refractivity contribution is 6.17. The van der Waals surface area contributed by atoms with Gasteiger partial charge in [-0.25, -0.2) is 0 Å². The Morgan fingerprint density at radius 1 is 1.09 bits per heavy atom. The third-order valence-corrected chi connectivity index (χ3v) is 4.12. The van der Waals surface area contributed by atoms with Crippen LogP contribution in [0.2, 0.25) is 0 Å². The van der Waals surface area contributed by atoms with Crippen molar-refractivity contribution < 1.29 is 19.8 Å². The van der Waals surface area contributed by atoms with Crippen LogP contribution in [0.1, 0.15) is 17.3 Å². The summed E-state index contributed by atoms with van der Waals surface area (Å²) in [6.07, 6.45) is -0.909. The summed E-state index contributed by atoms with van der Waals surface area (Å²) in [5.41, 5.74) is 1.03. The van der Waals surface area contributed by atoms with Gasteiger partial charge in [-0.1, -0.05) is 30.3 Å². The van der Waals surface area contributed by atoms with Crippen molar-refractivity contribution in [3.63, 3.8) is 0 Å². The summed E-state index contributed by atoms with van der Waals surface area (Å²) in [6, 6.07) is 14.1. The van der Waals surface area contributed by atoms with Crippen LogP contribution in [0.4, 0.5) is 5.69 Å². The lowest BCUT2D eigenvalue weighted by Gasteiger charge is -2.47. The monoisotopic (exact) mass is 311 g/mol. The Morgan fingerprint density at radius 3 is 2.26 bits per heavy atom. The normalized spacial score (nSPS) is 21.7. The summed E-state index contributed by atoms with van der Waals surface area (Å²) in [5, 5.41) is 19.3. The molecule has 0 aliphatic carbocycles. The van der Waals surface area contributed by atoms with E-state index < -0.39 is 18.1 Å². The lowest BCUT2D eigenvalue weighted by atomic mass is 9.78. The smallest absolute Gasteiger partial charge is 0.236 e. The van der Waals surface area contributed by atoms with Gasteiger partial charge in [0, 0.05) is 11.3 Å². The molecule has 3 rings (SSSR count). The van der Waals surface area contributed by atoms with Crippen molar-refractivity contribution in [1.29, 1.82) is 0 Å². The number of phenols is 1. The molecule has 1 aliphatic heterocycles. The molecule has 1 heterocycles. The summed E-state index contributed by atoms with van der Waals surface area (Å²) in [4.78, 5) is 26.6. The van der Waals surface area contributed by atoms with Gasteiger partial charge >= 0.3 is 0 Å². The first kappa shape index (κ1) is 15.2. The second-order valence-electron chi connectivity index (χ2n) is 5.67. The number of rotatable bonds is 4. The topological polar surface area (TPSA) is 77.8 Å². The van der Waals surface area contributed by atoms with E-state index in [9.17, 15) is 19.8 Å². The Bertz CT molecular complexity index is 724. The number of Topliss-reactive ketones (excluding diaryl/α,β-unsaturated/α-hetero) is 1. The van der Waals surface area contributed by atoms with E-state index in [1.54, 1.807) is 36.4 Å². The van der Waals surface area contributed by atoms with Crippen LogP contribution in [0.15, 0.2) is 54.6 Å². The average molecular weight is 311 g/mol. The SMILES string of the molecule is C[C@@H](O)[C@H]1C(=O)N(c2ccc(O)cc2)[C@@H]1C(=O)c1ccccc1. The number of aliphatic hydroxyl groups is 1. The van der Waals surface area contributed by atoms with Gasteiger partial charge in [0.15, 0.2) is 5.78 Å². The van der Waals surface area contributed by atoms with Crippen LogP contribution in [0, 0.1) is 5.92 Å². The fraction of sp³-hybridized carbons (Fsp3) is 0.222. The summed E-state index contributed by atoms with van der Waals surface area (Å²) in [7, 11) is 0. The minimum absolute atomic E-state index is 0.0831. The van der Waals surface area contributed by atoms with E-state index in [1.165, 1.54) is 24.0 Å². The molecule has 1 amide bonds. The van der Waals surface area contributed by atoms with E-state index in [1.807, 2.05) is 6.07 Å². The van der Waals surface area contributed by atoms with Crippen molar-refractivity contribution in [3.8, 4) is 5.75 Å². The minimum Gasteiger partial charge on any atom is -0.508 e. The van der Waals surface area contributed by atoms with Crippen LogP contribution in [-0.4, -0.2) is 34.0 Å². The molecule has 0 aromatic heterocycles. The number of carbonyl (C=O) groups is 2. The number of hydrogen-bond donors (Lipinski definition) is 2. The molecule has 0 saturated carbocycles. The molecule has 2 aromatic rings. The van der Waals surface area contributed by atoms with E-state index in [4.69, 9.17) is 0 Å². The molecule has 5 nitrogen and oxygen atoms in total. The van der Waals surface area contributed by atoms with Gasteiger partial charge in [-0.05, 0) is 31.2 Å².